The van der Waals surface area contributed by atoms with Crippen molar-refractivity contribution in [3.63, 3.8) is 0 Å². The lowest BCUT2D eigenvalue weighted by Crippen LogP contribution is -2.61. The molecule has 62 heavy (non-hydrogen) atoms. The first-order valence-corrected chi connectivity index (χ1v) is 21.4. The maximum atomic E-state index is 2.60. The van der Waals surface area contributed by atoms with Crippen LogP contribution in [0.25, 0.3) is 44.2 Å². The second-order valence-corrected chi connectivity index (χ2v) is 16.1. The third-order valence-electron chi connectivity index (χ3n) is 12.6. The van der Waals surface area contributed by atoms with Gasteiger partial charge in [-0.25, -0.2) is 0 Å². The number of rotatable bonds is 7. The quantitative estimate of drug-likeness (QED) is 0.149. The SMILES string of the molecule is c1ccc(-c2ccc(N3B4c5ccc(-c6ccccc6)cc5N(c5ccccc5)c5cc6ccccc6c(c54)-c4cc(N(c5ccccc5)c5ccccc5)ccc43)cc2)cc1. The van der Waals surface area contributed by atoms with Crippen LogP contribution in [-0.2, 0) is 0 Å². The molecule has 0 saturated carbocycles. The van der Waals surface area contributed by atoms with Gasteiger partial charge in [-0.2, -0.15) is 0 Å². The molecule has 0 amide bonds. The summed E-state index contributed by atoms with van der Waals surface area (Å²) in [5.41, 5.74) is 19.0. The van der Waals surface area contributed by atoms with E-state index in [-0.39, 0.29) is 6.85 Å². The monoisotopic (exact) mass is 789 g/mol. The van der Waals surface area contributed by atoms with Crippen molar-refractivity contribution < 1.29 is 0 Å². The molecule has 0 bridgehead atoms. The molecule has 0 N–H and O–H groups in total. The van der Waals surface area contributed by atoms with E-state index in [1.807, 2.05) is 0 Å². The highest BCUT2D eigenvalue weighted by Gasteiger charge is 2.46. The van der Waals surface area contributed by atoms with Crippen molar-refractivity contribution in [3.8, 4) is 33.4 Å². The van der Waals surface area contributed by atoms with Crippen LogP contribution < -0.4 is 25.5 Å². The summed E-state index contributed by atoms with van der Waals surface area (Å²) in [6, 6.07) is 88.5. The summed E-state index contributed by atoms with van der Waals surface area (Å²) >= 11 is 0. The predicted molar refractivity (Wildman–Crippen MR) is 263 cm³/mol. The number of fused-ring (bicyclic) bond motifs is 6. The highest BCUT2D eigenvalue weighted by molar-refractivity contribution is 6.94. The zero-order chi connectivity index (χ0) is 41.0. The van der Waals surface area contributed by atoms with E-state index in [1.165, 1.54) is 72.1 Å². The van der Waals surface area contributed by atoms with Gasteiger partial charge >= 0.3 is 6.85 Å². The van der Waals surface area contributed by atoms with E-state index in [9.17, 15) is 0 Å². The van der Waals surface area contributed by atoms with Crippen LogP contribution in [0.3, 0.4) is 0 Å². The van der Waals surface area contributed by atoms with E-state index in [1.54, 1.807) is 0 Å². The molecule has 3 nitrogen and oxygen atoms in total. The fourth-order valence-corrected chi connectivity index (χ4v) is 9.84. The van der Waals surface area contributed by atoms with E-state index >= 15 is 0 Å². The van der Waals surface area contributed by atoms with Gasteiger partial charge in [-0.3, -0.25) is 0 Å². The van der Waals surface area contributed by atoms with E-state index in [2.05, 4.69) is 257 Å². The van der Waals surface area contributed by atoms with Crippen molar-refractivity contribution in [2.24, 2.45) is 0 Å². The first kappa shape index (κ1) is 35.8. The standard InChI is InChI=1S/C58H40BN3/c1-6-18-41(19-7-1)43-30-33-49(34-31-43)62-54-37-35-50(60(46-23-10-3-11-24-46)47-25-12-4-13-26-47)40-52(54)57-51-29-17-16-22-45(51)39-56-58(57)59(62)53-36-32-44(42-20-8-2-9-21-42)38-55(53)61(56)48-27-14-5-15-28-48/h1-40H. The van der Waals surface area contributed by atoms with Crippen molar-refractivity contribution >= 4 is 74.0 Å². The number of hydrogen-bond donors (Lipinski definition) is 0. The Morgan fingerprint density at radius 3 is 1.56 bits per heavy atom. The minimum absolute atomic E-state index is 0.121. The maximum absolute atomic E-state index is 2.60. The molecule has 10 aromatic carbocycles. The van der Waals surface area contributed by atoms with Crippen LogP contribution in [0.1, 0.15) is 0 Å². The Morgan fingerprint density at radius 2 is 0.903 bits per heavy atom. The lowest BCUT2D eigenvalue weighted by molar-refractivity contribution is 1.26. The number of nitrogens with zero attached hydrogens (tertiary/aromatic N) is 3. The summed E-state index contributed by atoms with van der Waals surface area (Å²) in [4.78, 5) is 7.49. The third kappa shape index (κ3) is 5.91. The molecule has 0 aromatic heterocycles. The molecule has 2 aliphatic heterocycles. The smallest absolute Gasteiger partial charge is 0.333 e. The van der Waals surface area contributed by atoms with Crippen molar-refractivity contribution in [2.45, 2.75) is 0 Å². The van der Waals surface area contributed by atoms with Gasteiger partial charge in [-0.15, -0.1) is 0 Å². The van der Waals surface area contributed by atoms with E-state index in [0.717, 1.165) is 28.4 Å². The predicted octanol–water partition coefficient (Wildman–Crippen LogP) is 14.4. The molecule has 290 valence electrons. The number of benzene rings is 10. The summed E-state index contributed by atoms with van der Waals surface area (Å²) in [5.74, 6) is 0. The summed E-state index contributed by atoms with van der Waals surface area (Å²) < 4.78 is 0. The second-order valence-electron chi connectivity index (χ2n) is 16.1. The Hall–Kier alpha value is -8.08. The largest absolute Gasteiger partial charge is 0.376 e. The van der Waals surface area contributed by atoms with Crippen molar-refractivity contribution in [1.82, 2.24) is 0 Å². The summed E-state index contributed by atoms with van der Waals surface area (Å²) in [6.07, 6.45) is 0. The van der Waals surface area contributed by atoms with Gasteiger partial charge in [0.2, 0.25) is 0 Å². The number of anilines is 8. The van der Waals surface area contributed by atoms with Crippen LogP contribution in [0, 0.1) is 0 Å². The van der Waals surface area contributed by atoms with Gasteiger partial charge in [0.1, 0.15) is 0 Å². The molecule has 0 radical (unpaired) electrons. The molecule has 0 fully saturated rings. The maximum Gasteiger partial charge on any atom is 0.333 e. The van der Waals surface area contributed by atoms with Crippen LogP contribution in [0.4, 0.5) is 45.5 Å². The van der Waals surface area contributed by atoms with Crippen LogP contribution in [0.2, 0.25) is 0 Å². The Bertz CT molecular complexity index is 3190. The molecule has 10 aromatic rings. The van der Waals surface area contributed by atoms with Crippen LogP contribution in [0.15, 0.2) is 243 Å². The zero-order valence-corrected chi connectivity index (χ0v) is 34.0. The second kappa shape index (κ2) is 14.9. The van der Waals surface area contributed by atoms with Crippen LogP contribution >= 0.6 is 0 Å². The molecule has 0 atom stereocenters. The third-order valence-corrected chi connectivity index (χ3v) is 12.6. The summed E-state index contributed by atoms with van der Waals surface area (Å²) in [5, 5.41) is 2.46. The fraction of sp³-hybridized carbons (Fsp3) is 0. The molecule has 2 aliphatic rings. The highest BCUT2D eigenvalue weighted by atomic mass is 15.2. The Kier molecular flexibility index (Phi) is 8.60. The lowest BCUT2D eigenvalue weighted by atomic mass is 9.43. The molecular weight excluding hydrogens is 749 g/mol. The Morgan fingerprint density at radius 1 is 0.355 bits per heavy atom. The van der Waals surface area contributed by atoms with Crippen LogP contribution in [-0.4, -0.2) is 6.85 Å². The summed E-state index contributed by atoms with van der Waals surface area (Å²) in [6.45, 7) is -0.121. The Balaban J connectivity index is 1.17. The normalized spacial score (nSPS) is 12.4. The molecule has 0 aliphatic carbocycles. The summed E-state index contributed by atoms with van der Waals surface area (Å²) in [7, 11) is 0. The van der Waals surface area contributed by atoms with Gasteiger partial charge in [-0.05, 0) is 128 Å². The highest BCUT2D eigenvalue weighted by Crippen LogP contribution is 2.51. The van der Waals surface area contributed by atoms with E-state index < -0.39 is 0 Å². The molecule has 2 heterocycles. The van der Waals surface area contributed by atoms with Crippen LogP contribution in [0.5, 0.6) is 0 Å². The molecular formula is C58H40BN3. The average Bonchev–Trinajstić information content (AvgIpc) is 3.35. The Labute approximate surface area is 363 Å². The minimum Gasteiger partial charge on any atom is -0.376 e. The minimum atomic E-state index is -0.121. The molecule has 4 heteroatoms. The first-order chi connectivity index (χ1) is 30.8. The topological polar surface area (TPSA) is 9.72 Å². The van der Waals surface area contributed by atoms with E-state index in [4.69, 9.17) is 0 Å². The number of para-hydroxylation sites is 3. The van der Waals surface area contributed by atoms with Crippen molar-refractivity contribution in [1.29, 1.82) is 0 Å². The fourth-order valence-electron chi connectivity index (χ4n) is 9.84. The van der Waals surface area contributed by atoms with Gasteiger partial charge < -0.3 is 14.6 Å². The molecule has 0 spiro atoms. The van der Waals surface area contributed by atoms with E-state index in [0.29, 0.717) is 0 Å². The van der Waals surface area contributed by atoms with Gasteiger partial charge in [0, 0.05) is 51.1 Å². The molecule has 0 saturated heterocycles. The van der Waals surface area contributed by atoms with Gasteiger partial charge in [0.25, 0.3) is 0 Å². The first-order valence-electron chi connectivity index (χ1n) is 21.4. The zero-order valence-electron chi connectivity index (χ0n) is 34.0. The van der Waals surface area contributed by atoms with Crippen molar-refractivity contribution in [2.75, 3.05) is 14.6 Å². The van der Waals surface area contributed by atoms with Gasteiger partial charge in [-0.1, -0.05) is 164 Å². The van der Waals surface area contributed by atoms with Gasteiger partial charge in [0.05, 0.1) is 0 Å². The molecule has 0 unspecified atom stereocenters. The molecule has 12 rings (SSSR count). The van der Waals surface area contributed by atoms with Crippen molar-refractivity contribution in [3.05, 3.63) is 243 Å². The lowest BCUT2D eigenvalue weighted by Gasteiger charge is -2.46. The van der Waals surface area contributed by atoms with Gasteiger partial charge in [0.15, 0.2) is 0 Å². The number of hydrogen-bond acceptors (Lipinski definition) is 3. The average molecular weight is 790 g/mol.